The van der Waals surface area contributed by atoms with Crippen LogP contribution in [0.4, 0.5) is 0 Å². The number of rotatable bonds is 4. The molecule has 0 amide bonds. The first-order chi connectivity index (χ1) is 31.3. The van der Waals surface area contributed by atoms with Crippen LogP contribution in [-0.2, 0) is 5.41 Å². The van der Waals surface area contributed by atoms with Crippen LogP contribution >= 0.6 is 0 Å². The van der Waals surface area contributed by atoms with Crippen molar-refractivity contribution < 1.29 is 0 Å². The highest BCUT2D eigenvalue weighted by Gasteiger charge is 2.51. The summed E-state index contributed by atoms with van der Waals surface area (Å²) in [4.78, 5) is 0. The third-order valence-electron chi connectivity index (χ3n) is 14.1. The number of hydrogen-bond donors (Lipinski definition) is 0. The Balaban J connectivity index is 0.937. The van der Waals surface area contributed by atoms with Crippen LogP contribution in [0.5, 0.6) is 0 Å². The molecular formula is C61H38N2. The second-order valence-electron chi connectivity index (χ2n) is 17.2. The lowest BCUT2D eigenvalue weighted by Crippen LogP contribution is -2.26. The minimum absolute atomic E-state index is 0.395. The summed E-state index contributed by atoms with van der Waals surface area (Å²) in [5, 5.41) is 5.00. The average Bonchev–Trinajstić information content (AvgIpc) is 4.06. The summed E-state index contributed by atoms with van der Waals surface area (Å²) < 4.78 is 4.90. The summed E-state index contributed by atoms with van der Waals surface area (Å²) in [5.41, 5.74) is 22.3. The first-order valence-electron chi connectivity index (χ1n) is 21.9. The first kappa shape index (κ1) is 34.5. The summed E-state index contributed by atoms with van der Waals surface area (Å²) in [6.45, 7) is 0. The summed E-state index contributed by atoms with van der Waals surface area (Å²) in [6, 6.07) is 85.7. The molecule has 12 aromatic rings. The summed E-state index contributed by atoms with van der Waals surface area (Å²) in [6.07, 6.45) is 0. The van der Waals surface area contributed by atoms with Gasteiger partial charge in [-0.25, -0.2) is 0 Å². The number of para-hydroxylation sites is 2. The van der Waals surface area contributed by atoms with Crippen LogP contribution in [0, 0.1) is 0 Å². The Labute approximate surface area is 365 Å². The Morgan fingerprint density at radius 1 is 0.238 bits per heavy atom. The van der Waals surface area contributed by atoms with E-state index in [9.17, 15) is 0 Å². The largest absolute Gasteiger partial charge is 0.309 e. The molecule has 0 aliphatic heterocycles. The number of aromatic nitrogens is 2. The van der Waals surface area contributed by atoms with E-state index < -0.39 is 5.41 Å². The number of fused-ring (bicyclic) bond motifs is 16. The van der Waals surface area contributed by atoms with Gasteiger partial charge in [0.25, 0.3) is 0 Å². The van der Waals surface area contributed by atoms with Gasteiger partial charge >= 0.3 is 0 Å². The van der Waals surface area contributed by atoms with Crippen LogP contribution in [0.2, 0.25) is 0 Å². The predicted molar refractivity (Wildman–Crippen MR) is 262 cm³/mol. The van der Waals surface area contributed by atoms with E-state index in [-0.39, 0.29) is 0 Å². The zero-order valence-electron chi connectivity index (χ0n) is 34.3. The maximum atomic E-state index is 2.49. The molecule has 2 heterocycles. The van der Waals surface area contributed by atoms with Crippen LogP contribution in [0.1, 0.15) is 22.3 Å². The molecule has 0 saturated heterocycles. The number of hydrogen-bond acceptors (Lipinski definition) is 0. The summed E-state index contributed by atoms with van der Waals surface area (Å²) >= 11 is 0. The van der Waals surface area contributed by atoms with Gasteiger partial charge in [-0.3, -0.25) is 0 Å². The molecule has 0 atom stereocenters. The van der Waals surface area contributed by atoms with Gasteiger partial charge < -0.3 is 9.13 Å². The first-order valence-corrected chi connectivity index (χ1v) is 21.9. The van der Waals surface area contributed by atoms with Crippen molar-refractivity contribution in [2.24, 2.45) is 0 Å². The van der Waals surface area contributed by atoms with Gasteiger partial charge in [0.05, 0.1) is 27.5 Å². The number of nitrogens with zero attached hydrogens (tertiary/aromatic N) is 2. The fraction of sp³-hybridized carbons (Fsp3) is 0.0164. The lowest BCUT2D eigenvalue weighted by atomic mass is 9.70. The van der Waals surface area contributed by atoms with Crippen LogP contribution in [0.15, 0.2) is 231 Å². The van der Waals surface area contributed by atoms with E-state index in [4.69, 9.17) is 0 Å². The van der Waals surface area contributed by atoms with Crippen LogP contribution in [0.25, 0.3) is 99.5 Å². The van der Waals surface area contributed by atoms with Gasteiger partial charge in [-0.2, -0.15) is 0 Å². The molecule has 0 N–H and O–H groups in total. The lowest BCUT2D eigenvalue weighted by Gasteiger charge is -2.30. The van der Waals surface area contributed by atoms with Crippen LogP contribution < -0.4 is 0 Å². The van der Waals surface area contributed by atoms with E-state index in [0.717, 1.165) is 5.69 Å². The molecule has 0 unspecified atom stereocenters. The Morgan fingerprint density at radius 2 is 0.667 bits per heavy atom. The fourth-order valence-electron chi connectivity index (χ4n) is 11.5. The Kier molecular flexibility index (Phi) is 7.07. The van der Waals surface area contributed by atoms with E-state index in [1.807, 2.05) is 0 Å². The molecule has 2 nitrogen and oxygen atoms in total. The van der Waals surface area contributed by atoms with Gasteiger partial charge in [-0.15, -0.1) is 0 Å². The predicted octanol–water partition coefficient (Wildman–Crippen LogP) is 15.6. The SMILES string of the molecule is c1ccc(-c2cccc(-n3c4ccccc4c4cc(-c5ccc6c(c5)c5ccccc5n6-c5ccc6c(c5)C5(c7ccccc7-c7ccccc75)c5ccccc5-6)ccc43)c2)cc1. The van der Waals surface area contributed by atoms with Crippen molar-refractivity contribution in [1.29, 1.82) is 0 Å². The molecular weight excluding hydrogens is 761 g/mol. The molecule has 2 aliphatic rings. The second-order valence-corrected chi connectivity index (χ2v) is 17.2. The van der Waals surface area contributed by atoms with Gasteiger partial charge in [-0.05, 0) is 127 Å². The molecule has 63 heavy (non-hydrogen) atoms. The van der Waals surface area contributed by atoms with E-state index in [1.165, 1.54) is 116 Å². The molecule has 0 fully saturated rings. The van der Waals surface area contributed by atoms with E-state index in [0.29, 0.717) is 0 Å². The Morgan fingerprint density at radius 3 is 1.24 bits per heavy atom. The van der Waals surface area contributed by atoms with Gasteiger partial charge in [0.1, 0.15) is 0 Å². The molecule has 0 radical (unpaired) electrons. The van der Waals surface area contributed by atoms with E-state index >= 15 is 0 Å². The highest BCUT2D eigenvalue weighted by molar-refractivity contribution is 6.13. The average molecular weight is 799 g/mol. The minimum atomic E-state index is -0.395. The van der Waals surface area contributed by atoms with Crippen molar-refractivity contribution in [2.45, 2.75) is 5.41 Å². The molecule has 2 aliphatic carbocycles. The smallest absolute Gasteiger partial charge is 0.0726 e. The van der Waals surface area contributed by atoms with Crippen molar-refractivity contribution in [2.75, 3.05) is 0 Å². The Hall–Kier alpha value is -8.20. The lowest BCUT2D eigenvalue weighted by molar-refractivity contribution is 0.792. The standard InChI is InChI=1S/C61H38N2/c1-2-15-39(16-3-1)40-17-14-18-43(35-40)62-57-27-12-7-22-49(57)51-36-41(29-33-59(51)62)42-30-34-60-52(37-42)50-23-8-13-28-58(50)63(60)44-31-32-48-47-21-6-11-26-55(47)61(56(48)38-44)53-24-9-4-19-45(53)46-20-5-10-25-54(46)61/h1-38H. The molecule has 14 rings (SSSR count). The van der Waals surface area contributed by atoms with Gasteiger partial charge in [0, 0.05) is 32.9 Å². The third kappa shape index (κ3) is 4.67. The van der Waals surface area contributed by atoms with Crippen molar-refractivity contribution in [3.05, 3.63) is 253 Å². The molecule has 0 saturated carbocycles. The third-order valence-corrected chi connectivity index (χ3v) is 14.1. The normalized spacial score (nSPS) is 13.2. The summed E-state index contributed by atoms with van der Waals surface area (Å²) in [5.74, 6) is 0. The maximum absolute atomic E-state index is 2.49. The molecule has 10 aromatic carbocycles. The van der Waals surface area contributed by atoms with Crippen molar-refractivity contribution in [3.63, 3.8) is 0 Å². The quantitative estimate of drug-likeness (QED) is 0.168. The van der Waals surface area contributed by atoms with Gasteiger partial charge in [-0.1, -0.05) is 170 Å². The zero-order valence-corrected chi connectivity index (χ0v) is 34.3. The van der Waals surface area contributed by atoms with Crippen molar-refractivity contribution in [3.8, 4) is 55.9 Å². The van der Waals surface area contributed by atoms with Gasteiger partial charge in [0.2, 0.25) is 0 Å². The fourth-order valence-corrected chi connectivity index (χ4v) is 11.5. The highest BCUT2D eigenvalue weighted by Crippen LogP contribution is 2.63. The minimum Gasteiger partial charge on any atom is -0.309 e. The second kappa shape index (κ2) is 12.9. The van der Waals surface area contributed by atoms with Gasteiger partial charge in [0.15, 0.2) is 0 Å². The van der Waals surface area contributed by atoms with Crippen molar-refractivity contribution >= 4 is 43.6 Å². The van der Waals surface area contributed by atoms with Crippen LogP contribution in [-0.4, -0.2) is 9.13 Å². The molecule has 292 valence electrons. The molecule has 2 heteroatoms. The maximum Gasteiger partial charge on any atom is 0.0726 e. The van der Waals surface area contributed by atoms with E-state index in [2.05, 4.69) is 240 Å². The summed E-state index contributed by atoms with van der Waals surface area (Å²) in [7, 11) is 0. The van der Waals surface area contributed by atoms with Crippen molar-refractivity contribution in [1.82, 2.24) is 9.13 Å². The number of benzene rings is 10. The zero-order chi connectivity index (χ0) is 41.2. The Bertz CT molecular complexity index is 3800. The van der Waals surface area contributed by atoms with E-state index in [1.54, 1.807) is 0 Å². The molecule has 0 bridgehead atoms. The topological polar surface area (TPSA) is 9.86 Å². The molecule has 2 aromatic heterocycles. The van der Waals surface area contributed by atoms with Crippen LogP contribution in [0.3, 0.4) is 0 Å². The highest BCUT2D eigenvalue weighted by atomic mass is 15.0. The molecule has 1 spiro atoms. The monoisotopic (exact) mass is 798 g/mol.